The number of ether oxygens (including phenoxy) is 1. The first-order valence-corrected chi connectivity index (χ1v) is 20.3. The number of nitrogens with one attached hydrogen (secondary N) is 1. The molecule has 0 aromatic heterocycles. The molecule has 11 atom stereocenters. The van der Waals surface area contributed by atoms with Crippen molar-refractivity contribution in [2.24, 2.45) is 62.1 Å². The minimum Gasteiger partial charge on any atom is -0.481 e. The molecule has 0 bridgehead atoms. The van der Waals surface area contributed by atoms with Gasteiger partial charge in [-0.1, -0.05) is 71.0 Å². The normalized spacial score (nSPS) is 42.3. The topological polar surface area (TPSA) is 92.7 Å². The van der Waals surface area contributed by atoms with Crippen molar-refractivity contribution in [1.82, 2.24) is 5.32 Å². The Kier molecular flexibility index (Phi) is 8.78. The third kappa shape index (κ3) is 5.32. The van der Waals surface area contributed by atoms with Crippen LogP contribution in [0.2, 0.25) is 0 Å². The zero-order valence-corrected chi connectivity index (χ0v) is 32.8. The number of esters is 1. The number of benzene rings is 1. The molecule has 1 aromatic rings. The summed E-state index contributed by atoms with van der Waals surface area (Å²) < 4.78 is 6.19. The third-order valence-corrected chi connectivity index (χ3v) is 17.3. The van der Waals surface area contributed by atoms with E-state index in [2.05, 4.69) is 77.7 Å². The van der Waals surface area contributed by atoms with Gasteiger partial charge in [0.05, 0.1) is 23.3 Å². The molecule has 1 amide bonds. The predicted octanol–water partition coefficient (Wildman–Crippen LogP) is 9.86. The molecule has 5 saturated carbocycles. The molecule has 51 heavy (non-hydrogen) atoms. The number of amides is 1. The first-order chi connectivity index (χ1) is 23.8. The van der Waals surface area contributed by atoms with E-state index in [1.54, 1.807) is 13.8 Å². The van der Waals surface area contributed by atoms with Crippen LogP contribution in [0.25, 0.3) is 0 Å². The van der Waals surface area contributed by atoms with Crippen LogP contribution in [-0.2, 0) is 25.5 Å². The summed E-state index contributed by atoms with van der Waals surface area (Å²) in [6.07, 6.45) is 12.3. The van der Waals surface area contributed by atoms with Gasteiger partial charge in [-0.25, -0.2) is 0 Å². The molecule has 6 aliphatic rings. The Morgan fingerprint density at radius 2 is 1.61 bits per heavy atom. The maximum Gasteiger partial charge on any atom is 0.309 e. The van der Waals surface area contributed by atoms with Gasteiger partial charge in [-0.2, -0.15) is 0 Å². The highest BCUT2D eigenvalue weighted by Crippen LogP contribution is 2.77. The summed E-state index contributed by atoms with van der Waals surface area (Å²) in [6.45, 7) is 22.4. The Balaban J connectivity index is 1.14. The lowest BCUT2D eigenvalue weighted by molar-refractivity contribution is -0.249. The standard InChI is InChI=1S/C45H65NO5/c1-27(2)29-18-23-45(38(48)46-32-16-14-28-12-10-11-13-30(28)32)25-24-43(8)31(37(29)45)15-17-34-42(7)21-20-35(51-36(47)26-40(3,4)39(49)50)41(5,6)33(42)19-22-44(34,43)9/h10-13,29,31-35,37H,1,14-26H2,2-9H3,(H,46,48)(H,49,50)/t29-,31+,32?,33?,34?,35?,37?,42-,43+,44?,45-/m0/s1. The second-order valence-corrected chi connectivity index (χ2v) is 20.3. The van der Waals surface area contributed by atoms with Crippen LogP contribution in [0.3, 0.4) is 0 Å². The fourth-order valence-corrected chi connectivity index (χ4v) is 14.4. The number of carbonyl (C=O) groups is 3. The van der Waals surface area contributed by atoms with Crippen molar-refractivity contribution in [1.29, 1.82) is 0 Å². The number of fused-ring (bicyclic) bond motifs is 8. The first-order valence-electron chi connectivity index (χ1n) is 20.3. The van der Waals surface area contributed by atoms with E-state index in [9.17, 15) is 19.5 Å². The second kappa shape index (κ2) is 12.2. The number of carbonyl (C=O) groups excluding carboxylic acids is 2. The van der Waals surface area contributed by atoms with Crippen molar-refractivity contribution in [3.8, 4) is 0 Å². The fraction of sp³-hybridized carbons (Fsp3) is 0.756. The van der Waals surface area contributed by atoms with Gasteiger partial charge in [-0.3, -0.25) is 14.4 Å². The number of aryl methyl sites for hydroxylation is 1. The van der Waals surface area contributed by atoms with Gasteiger partial charge in [0.2, 0.25) is 5.91 Å². The largest absolute Gasteiger partial charge is 0.481 e. The van der Waals surface area contributed by atoms with Crippen LogP contribution in [0.5, 0.6) is 0 Å². The highest BCUT2D eigenvalue weighted by Gasteiger charge is 2.72. The molecule has 2 N–H and O–H groups in total. The summed E-state index contributed by atoms with van der Waals surface area (Å²) in [5.74, 6) is 1.12. The van der Waals surface area contributed by atoms with Crippen molar-refractivity contribution in [3.63, 3.8) is 0 Å². The summed E-state index contributed by atoms with van der Waals surface area (Å²) in [7, 11) is 0. The van der Waals surface area contributed by atoms with E-state index in [1.165, 1.54) is 23.1 Å². The van der Waals surface area contributed by atoms with Gasteiger partial charge >= 0.3 is 11.9 Å². The highest BCUT2D eigenvalue weighted by atomic mass is 16.5. The number of aliphatic carboxylic acids is 1. The molecule has 6 unspecified atom stereocenters. The van der Waals surface area contributed by atoms with Crippen LogP contribution in [0, 0.1) is 62.1 Å². The molecule has 280 valence electrons. The smallest absolute Gasteiger partial charge is 0.309 e. The quantitative estimate of drug-likeness (QED) is 0.218. The second-order valence-electron chi connectivity index (χ2n) is 20.3. The molecular formula is C45H65NO5. The number of hydrogen-bond acceptors (Lipinski definition) is 4. The Morgan fingerprint density at radius 1 is 0.882 bits per heavy atom. The zero-order valence-electron chi connectivity index (χ0n) is 32.8. The lowest BCUT2D eigenvalue weighted by Crippen LogP contribution is -2.67. The molecule has 6 heteroatoms. The van der Waals surface area contributed by atoms with E-state index in [-0.39, 0.29) is 45.6 Å². The van der Waals surface area contributed by atoms with Gasteiger partial charge in [0.1, 0.15) is 6.10 Å². The van der Waals surface area contributed by atoms with Crippen LogP contribution in [0.1, 0.15) is 150 Å². The number of rotatable bonds is 7. The van der Waals surface area contributed by atoms with E-state index in [0.29, 0.717) is 35.5 Å². The Bertz CT molecular complexity index is 1610. The van der Waals surface area contributed by atoms with Crippen LogP contribution >= 0.6 is 0 Å². The summed E-state index contributed by atoms with van der Waals surface area (Å²) in [4.78, 5) is 39.6. The van der Waals surface area contributed by atoms with Gasteiger partial charge in [0, 0.05) is 5.41 Å². The van der Waals surface area contributed by atoms with Crippen molar-refractivity contribution < 1.29 is 24.2 Å². The Labute approximate surface area is 307 Å². The lowest BCUT2D eigenvalue weighted by atomic mass is 9.32. The summed E-state index contributed by atoms with van der Waals surface area (Å²) in [5.41, 5.74) is 2.68. The van der Waals surface area contributed by atoms with Crippen molar-refractivity contribution in [2.75, 3.05) is 0 Å². The van der Waals surface area contributed by atoms with Crippen LogP contribution in [-0.4, -0.2) is 29.1 Å². The Hall–Kier alpha value is -2.63. The first kappa shape index (κ1) is 36.7. The van der Waals surface area contributed by atoms with E-state index < -0.39 is 17.4 Å². The molecule has 0 radical (unpaired) electrons. The molecule has 1 aromatic carbocycles. The molecule has 7 rings (SSSR count). The third-order valence-electron chi connectivity index (χ3n) is 17.3. The van der Waals surface area contributed by atoms with E-state index in [0.717, 1.165) is 70.6 Å². The monoisotopic (exact) mass is 699 g/mol. The molecule has 0 spiro atoms. The molecule has 6 nitrogen and oxygen atoms in total. The SMILES string of the molecule is C=C(C)[C@@H]1CC[C@]2(C(=O)NC3CCc4ccccc43)CC[C@]3(C)[C@H](CCC4C3(C)CCC3C(C)(C)C(OC(=O)CC(C)(C)C(=O)O)CC[C@@]34C)C12. The minimum absolute atomic E-state index is 0.114. The summed E-state index contributed by atoms with van der Waals surface area (Å²) in [6, 6.07) is 8.78. The van der Waals surface area contributed by atoms with Crippen molar-refractivity contribution in [3.05, 3.63) is 47.5 Å². The van der Waals surface area contributed by atoms with Crippen LogP contribution in [0.15, 0.2) is 36.4 Å². The van der Waals surface area contributed by atoms with Gasteiger partial charge in [-0.15, -0.1) is 0 Å². The van der Waals surface area contributed by atoms with Crippen LogP contribution in [0.4, 0.5) is 0 Å². The minimum atomic E-state index is -1.15. The predicted molar refractivity (Wildman–Crippen MR) is 201 cm³/mol. The number of hydrogen-bond donors (Lipinski definition) is 2. The lowest BCUT2D eigenvalue weighted by Gasteiger charge is -2.72. The highest BCUT2D eigenvalue weighted by molar-refractivity contribution is 5.84. The average Bonchev–Trinajstić information content (AvgIpc) is 3.65. The van der Waals surface area contributed by atoms with Gasteiger partial charge in [0.15, 0.2) is 0 Å². The molecule has 0 heterocycles. The number of carboxylic acids is 1. The Morgan fingerprint density at radius 3 is 2.31 bits per heavy atom. The van der Waals surface area contributed by atoms with Gasteiger partial charge < -0.3 is 15.2 Å². The van der Waals surface area contributed by atoms with E-state index in [4.69, 9.17) is 4.74 Å². The van der Waals surface area contributed by atoms with Crippen molar-refractivity contribution >= 4 is 17.8 Å². The molecule has 5 fully saturated rings. The van der Waals surface area contributed by atoms with E-state index in [1.807, 2.05) is 0 Å². The number of allylic oxidation sites excluding steroid dienone is 1. The van der Waals surface area contributed by atoms with Gasteiger partial charge in [0.25, 0.3) is 0 Å². The van der Waals surface area contributed by atoms with Gasteiger partial charge in [-0.05, 0) is 155 Å². The van der Waals surface area contributed by atoms with Crippen molar-refractivity contribution in [2.45, 2.75) is 151 Å². The van der Waals surface area contributed by atoms with E-state index >= 15 is 0 Å². The average molecular weight is 700 g/mol. The summed E-state index contributed by atoms with van der Waals surface area (Å²) >= 11 is 0. The summed E-state index contributed by atoms with van der Waals surface area (Å²) in [5, 5.41) is 13.3. The molecular weight excluding hydrogens is 634 g/mol. The number of carboxylic acid groups (broad SMARTS) is 1. The molecule has 0 aliphatic heterocycles. The zero-order chi connectivity index (χ0) is 36.9. The maximum atomic E-state index is 14.8. The molecule has 0 saturated heterocycles. The fourth-order valence-electron chi connectivity index (χ4n) is 14.4. The van der Waals surface area contributed by atoms with Crippen LogP contribution < -0.4 is 5.32 Å². The maximum absolute atomic E-state index is 14.8. The molecule has 6 aliphatic carbocycles.